The van der Waals surface area contributed by atoms with Gasteiger partial charge in [-0.1, -0.05) is 79.9 Å². The number of benzene rings is 2. The lowest BCUT2D eigenvalue weighted by Gasteiger charge is -2.36. The molecule has 108 valence electrons. The van der Waals surface area contributed by atoms with Crippen LogP contribution in [-0.4, -0.2) is 7.38 Å². The zero-order valence-electron chi connectivity index (χ0n) is 12.6. The summed E-state index contributed by atoms with van der Waals surface area (Å²) in [6.45, 7) is 4.49. The molecular formula is C19H21ClSi. The molecule has 0 N–H and O–H groups in total. The second-order valence-electron chi connectivity index (χ2n) is 6.57. The van der Waals surface area contributed by atoms with Crippen LogP contribution in [-0.2, 0) is 5.41 Å². The van der Waals surface area contributed by atoms with E-state index < -0.39 is 7.38 Å². The van der Waals surface area contributed by atoms with Crippen molar-refractivity contribution in [3.8, 4) is 0 Å². The number of rotatable bonds is 3. The Bertz CT molecular complexity index is 704. The molecule has 0 saturated carbocycles. The van der Waals surface area contributed by atoms with Crippen molar-refractivity contribution < 1.29 is 0 Å². The average Bonchev–Trinajstić information content (AvgIpc) is 2.46. The fourth-order valence-corrected chi connectivity index (χ4v) is 6.17. The number of halogens is 1. The number of allylic oxidation sites excluding steroid dienone is 4. The molecule has 21 heavy (non-hydrogen) atoms. The highest BCUT2D eigenvalue weighted by molar-refractivity contribution is 7.19. The van der Waals surface area contributed by atoms with Crippen molar-refractivity contribution in [2.45, 2.75) is 31.0 Å². The van der Waals surface area contributed by atoms with Crippen LogP contribution in [0.5, 0.6) is 0 Å². The van der Waals surface area contributed by atoms with Crippen molar-refractivity contribution in [2.24, 2.45) is 0 Å². The molecule has 1 aliphatic rings. The molecule has 0 nitrogen and oxygen atoms in total. The Morgan fingerprint density at radius 3 is 2.52 bits per heavy atom. The van der Waals surface area contributed by atoms with Crippen LogP contribution in [0.1, 0.15) is 12.0 Å². The maximum atomic E-state index is 6.74. The first-order chi connectivity index (χ1) is 10.0. The SMILES string of the molecule is C[Si](C)(Cl)C[C@@]1(c2cccc3ccccc23)C=CC=CC1. The Morgan fingerprint density at radius 2 is 1.81 bits per heavy atom. The van der Waals surface area contributed by atoms with Crippen LogP contribution in [0.3, 0.4) is 0 Å². The molecule has 2 aromatic rings. The molecule has 1 atom stereocenters. The van der Waals surface area contributed by atoms with Crippen LogP contribution in [0, 0.1) is 0 Å². The highest BCUT2D eigenvalue weighted by atomic mass is 35.6. The zero-order valence-corrected chi connectivity index (χ0v) is 14.4. The van der Waals surface area contributed by atoms with Crippen LogP contribution in [0.4, 0.5) is 0 Å². The average molecular weight is 313 g/mol. The van der Waals surface area contributed by atoms with Gasteiger partial charge in [0, 0.05) is 5.41 Å². The summed E-state index contributed by atoms with van der Waals surface area (Å²) in [6.07, 6.45) is 10.0. The molecule has 0 aromatic heterocycles. The third-order valence-corrected chi connectivity index (χ3v) is 6.08. The van der Waals surface area contributed by atoms with Gasteiger partial charge in [0.15, 0.2) is 7.38 Å². The molecule has 0 saturated heterocycles. The van der Waals surface area contributed by atoms with E-state index in [2.05, 4.69) is 79.9 Å². The molecular weight excluding hydrogens is 292 g/mol. The molecule has 0 radical (unpaired) electrons. The van der Waals surface area contributed by atoms with Crippen LogP contribution in [0.2, 0.25) is 19.1 Å². The Labute approximate surface area is 132 Å². The molecule has 0 bridgehead atoms. The van der Waals surface area contributed by atoms with E-state index in [-0.39, 0.29) is 5.41 Å². The van der Waals surface area contributed by atoms with E-state index in [1.165, 1.54) is 16.3 Å². The first-order valence-corrected chi connectivity index (χ1v) is 11.7. The highest BCUT2D eigenvalue weighted by Crippen LogP contribution is 2.43. The van der Waals surface area contributed by atoms with Crippen molar-refractivity contribution >= 4 is 29.2 Å². The van der Waals surface area contributed by atoms with Gasteiger partial charge in [-0.05, 0) is 28.8 Å². The van der Waals surface area contributed by atoms with Crippen LogP contribution < -0.4 is 0 Å². The Morgan fingerprint density at radius 1 is 1.05 bits per heavy atom. The fraction of sp³-hybridized carbons (Fsp3) is 0.263. The summed E-state index contributed by atoms with van der Waals surface area (Å²) in [7, 11) is -1.70. The van der Waals surface area contributed by atoms with Crippen molar-refractivity contribution in [1.29, 1.82) is 0 Å². The summed E-state index contributed by atoms with van der Waals surface area (Å²) in [5.74, 6) is 0. The Kier molecular flexibility index (Phi) is 3.81. The van der Waals surface area contributed by atoms with Crippen molar-refractivity contribution in [3.63, 3.8) is 0 Å². The molecule has 0 spiro atoms. The maximum absolute atomic E-state index is 6.74. The molecule has 0 fully saturated rings. The van der Waals surface area contributed by atoms with Crippen LogP contribution >= 0.6 is 11.1 Å². The van der Waals surface area contributed by atoms with Gasteiger partial charge in [0.25, 0.3) is 0 Å². The molecule has 3 rings (SSSR count). The van der Waals surface area contributed by atoms with Gasteiger partial charge in [0.05, 0.1) is 0 Å². The highest BCUT2D eigenvalue weighted by Gasteiger charge is 2.37. The first kappa shape index (κ1) is 14.6. The monoisotopic (exact) mass is 312 g/mol. The van der Waals surface area contributed by atoms with Gasteiger partial charge in [0.1, 0.15) is 0 Å². The quantitative estimate of drug-likeness (QED) is 0.479. The maximum Gasteiger partial charge on any atom is 0.151 e. The molecule has 1 aliphatic carbocycles. The second-order valence-corrected chi connectivity index (χ2v) is 13.4. The van der Waals surface area contributed by atoms with E-state index in [1.54, 1.807) is 0 Å². The van der Waals surface area contributed by atoms with E-state index >= 15 is 0 Å². The van der Waals surface area contributed by atoms with Crippen molar-refractivity contribution in [2.75, 3.05) is 0 Å². The topological polar surface area (TPSA) is 0 Å². The van der Waals surface area contributed by atoms with Gasteiger partial charge in [-0.3, -0.25) is 0 Å². The molecule has 0 unspecified atom stereocenters. The van der Waals surface area contributed by atoms with Gasteiger partial charge in [0.2, 0.25) is 0 Å². The third-order valence-electron chi connectivity index (χ3n) is 4.21. The zero-order chi connectivity index (χ0) is 14.9. The molecule has 2 aromatic carbocycles. The summed E-state index contributed by atoms with van der Waals surface area (Å²) < 4.78 is 0. The smallest absolute Gasteiger partial charge is 0.151 e. The standard InChI is InChI=1S/C19H21ClSi/c1-21(2,20)15-19(13-6-3-7-14-19)18-12-8-10-16-9-4-5-11-17(16)18/h3-13H,14-15H2,1-2H3/t19-/m1/s1. The van der Waals surface area contributed by atoms with E-state index in [0.717, 1.165) is 12.5 Å². The third kappa shape index (κ3) is 2.99. The minimum atomic E-state index is -1.70. The van der Waals surface area contributed by atoms with Crippen molar-refractivity contribution in [1.82, 2.24) is 0 Å². The minimum absolute atomic E-state index is 0.0487. The largest absolute Gasteiger partial charge is 0.168 e. The van der Waals surface area contributed by atoms with Crippen LogP contribution in [0.15, 0.2) is 66.8 Å². The Balaban J connectivity index is 2.20. The van der Waals surface area contributed by atoms with Gasteiger partial charge in [-0.2, -0.15) is 11.1 Å². The van der Waals surface area contributed by atoms with E-state index in [9.17, 15) is 0 Å². The molecule has 0 heterocycles. The summed E-state index contributed by atoms with van der Waals surface area (Å²) >= 11 is 6.74. The number of hydrogen-bond donors (Lipinski definition) is 0. The normalized spacial score (nSPS) is 21.9. The van der Waals surface area contributed by atoms with Gasteiger partial charge in [-0.15, -0.1) is 0 Å². The summed E-state index contributed by atoms with van der Waals surface area (Å²) in [4.78, 5) is 0. The molecule has 0 aliphatic heterocycles. The van der Waals surface area contributed by atoms with Crippen molar-refractivity contribution in [3.05, 3.63) is 72.3 Å². The van der Waals surface area contributed by atoms with Gasteiger partial charge >= 0.3 is 0 Å². The van der Waals surface area contributed by atoms with Gasteiger partial charge < -0.3 is 0 Å². The first-order valence-electron chi connectivity index (χ1n) is 7.52. The van der Waals surface area contributed by atoms with Gasteiger partial charge in [-0.25, -0.2) is 0 Å². The van der Waals surface area contributed by atoms with E-state index in [4.69, 9.17) is 11.1 Å². The lowest BCUT2D eigenvalue weighted by atomic mass is 9.75. The van der Waals surface area contributed by atoms with E-state index in [1.807, 2.05) is 0 Å². The van der Waals surface area contributed by atoms with E-state index in [0.29, 0.717) is 0 Å². The van der Waals surface area contributed by atoms with Crippen LogP contribution in [0.25, 0.3) is 10.8 Å². The molecule has 0 amide bonds. The lowest BCUT2D eigenvalue weighted by molar-refractivity contribution is 0.597. The second kappa shape index (κ2) is 5.47. The summed E-state index contributed by atoms with van der Waals surface area (Å²) in [6, 6.07) is 16.4. The molecule has 2 heteroatoms. The minimum Gasteiger partial charge on any atom is -0.168 e. The number of hydrogen-bond acceptors (Lipinski definition) is 0. The Hall–Kier alpha value is -1.31. The number of fused-ring (bicyclic) bond motifs is 1. The summed E-state index contributed by atoms with van der Waals surface area (Å²) in [5, 5.41) is 2.67. The predicted molar refractivity (Wildman–Crippen MR) is 96.7 cm³/mol. The summed E-state index contributed by atoms with van der Waals surface area (Å²) in [5.41, 5.74) is 1.47. The fourth-order valence-electron chi connectivity index (χ4n) is 3.50. The predicted octanol–water partition coefficient (Wildman–Crippen LogP) is 6.04. The lowest BCUT2D eigenvalue weighted by Crippen LogP contribution is -2.33.